The molecule has 0 spiro atoms. The molecular formula is C12H15BrN4O. The fraction of sp³-hybridized carbons (Fsp3) is 0.417. The first kappa shape index (κ1) is 14.5. The Morgan fingerprint density at radius 1 is 1.39 bits per heavy atom. The zero-order valence-corrected chi connectivity index (χ0v) is 11.6. The third kappa shape index (κ3) is 5.21. The Morgan fingerprint density at radius 2 is 2.11 bits per heavy atom. The van der Waals surface area contributed by atoms with E-state index >= 15 is 0 Å². The second-order valence-corrected chi connectivity index (χ2v) is 4.30. The molecule has 0 aliphatic heterocycles. The van der Waals surface area contributed by atoms with Gasteiger partial charge >= 0.3 is 0 Å². The molecule has 0 aromatic heterocycles. The van der Waals surface area contributed by atoms with E-state index in [9.17, 15) is 4.79 Å². The fourth-order valence-electron chi connectivity index (χ4n) is 1.56. The molecule has 0 heterocycles. The van der Waals surface area contributed by atoms with Gasteiger partial charge in [-0.15, -0.1) is 0 Å². The molecule has 0 saturated carbocycles. The second-order valence-electron chi connectivity index (χ2n) is 3.74. The van der Waals surface area contributed by atoms with Crippen molar-refractivity contribution in [3.05, 3.63) is 46.3 Å². The molecule has 6 heteroatoms. The molecular weight excluding hydrogens is 296 g/mol. The Kier molecular flexibility index (Phi) is 6.91. The van der Waals surface area contributed by atoms with Gasteiger partial charge in [0.2, 0.25) is 5.91 Å². The van der Waals surface area contributed by atoms with Gasteiger partial charge in [0.05, 0.1) is 5.33 Å². The van der Waals surface area contributed by atoms with Crippen LogP contribution in [0.5, 0.6) is 0 Å². The quantitative estimate of drug-likeness (QED) is 0.251. The van der Waals surface area contributed by atoms with Gasteiger partial charge < -0.3 is 4.90 Å². The van der Waals surface area contributed by atoms with E-state index in [1.54, 1.807) is 4.90 Å². The third-order valence-corrected chi connectivity index (χ3v) is 2.91. The van der Waals surface area contributed by atoms with Crippen LogP contribution in [0.4, 0.5) is 0 Å². The van der Waals surface area contributed by atoms with Crippen molar-refractivity contribution >= 4 is 21.8 Å². The average Bonchev–Trinajstić information content (AvgIpc) is 2.42. The maximum absolute atomic E-state index is 11.8. The van der Waals surface area contributed by atoms with Gasteiger partial charge in [-0.2, -0.15) is 0 Å². The van der Waals surface area contributed by atoms with Crippen molar-refractivity contribution in [3.8, 4) is 0 Å². The van der Waals surface area contributed by atoms with Gasteiger partial charge in [0, 0.05) is 24.5 Å². The number of hydrogen-bond donors (Lipinski definition) is 0. The molecule has 0 aliphatic rings. The summed E-state index contributed by atoms with van der Waals surface area (Å²) in [5.74, 6) is 0.0415. The highest BCUT2D eigenvalue weighted by Gasteiger charge is 2.11. The van der Waals surface area contributed by atoms with E-state index < -0.39 is 0 Å². The van der Waals surface area contributed by atoms with Gasteiger partial charge in [0.15, 0.2) is 0 Å². The molecule has 5 nitrogen and oxygen atoms in total. The molecule has 1 aromatic carbocycles. The highest BCUT2D eigenvalue weighted by Crippen LogP contribution is 2.06. The lowest BCUT2D eigenvalue weighted by Crippen LogP contribution is -2.32. The molecule has 0 fully saturated rings. The number of carbonyl (C=O) groups is 1. The summed E-state index contributed by atoms with van der Waals surface area (Å²) in [4.78, 5) is 16.2. The normalized spacial score (nSPS) is 9.61. The number of halogens is 1. The molecule has 0 atom stereocenters. The third-order valence-electron chi connectivity index (χ3n) is 2.43. The summed E-state index contributed by atoms with van der Waals surface area (Å²) < 4.78 is 0. The smallest absolute Gasteiger partial charge is 0.233 e. The number of nitrogens with zero attached hydrogens (tertiary/aromatic N) is 4. The van der Waals surface area contributed by atoms with Crippen LogP contribution in [0.25, 0.3) is 10.4 Å². The van der Waals surface area contributed by atoms with Gasteiger partial charge in [-0.1, -0.05) is 51.4 Å². The van der Waals surface area contributed by atoms with Gasteiger partial charge in [-0.05, 0) is 17.5 Å². The SMILES string of the molecule is [N-]=[N+]=NCCCN(Cc1ccccc1)C(=O)CBr. The second kappa shape index (κ2) is 8.55. The minimum absolute atomic E-state index is 0.0415. The average molecular weight is 311 g/mol. The summed E-state index contributed by atoms with van der Waals surface area (Å²) in [7, 11) is 0. The number of benzene rings is 1. The van der Waals surface area contributed by atoms with Crippen molar-refractivity contribution in [2.24, 2.45) is 5.11 Å². The Hall–Kier alpha value is -1.52. The first-order valence-corrected chi connectivity index (χ1v) is 6.78. The summed E-state index contributed by atoms with van der Waals surface area (Å²) in [5.41, 5.74) is 9.29. The zero-order chi connectivity index (χ0) is 13.2. The monoisotopic (exact) mass is 310 g/mol. The Labute approximate surface area is 115 Å². The minimum atomic E-state index is 0.0415. The first-order valence-electron chi connectivity index (χ1n) is 5.66. The maximum Gasteiger partial charge on any atom is 0.233 e. The Bertz CT molecular complexity index is 417. The van der Waals surface area contributed by atoms with Crippen LogP contribution in [-0.2, 0) is 11.3 Å². The van der Waals surface area contributed by atoms with E-state index in [1.165, 1.54) is 0 Å². The first-order chi connectivity index (χ1) is 8.77. The fourth-order valence-corrected chi connectivity index (χ4v) is 1.91. The van der Waals surface area contributed by atoms with Crippen LogP contribution < -0.4 is 0 Å². The lowest BCUT2D eigenvalue weighted by Gasteiger charge is -2.21. The largest absolute Gasteiger partial charge is 0.338 e. The van der Waals surface area contributed by atoms with Crippen LogP contribution in [0.1, 0.15) is 12.0 Å². The van der Waals surface area contributed by atoms with Crippen molar-refractivity contribution in [1.29, 1.82) is 0 Å². The van der Waals surface area contributed by atoms with Crippen molar-refractivity contribution in [2.75, 3.05) is 18.4 Å². The summed E-state index contributed by atoms with van der Waals surface area (Å²) in [6, 6.07) is 9.82. The maximum atomic E-state index is 11.8. The van der Waals surface area contributed by atoms with Gasteiger partial charge in [-0.3, -0.25) is 4.79 Å². The van der Waals surface area contributed by atoms with E-state index in [4.69, 9.17) is 5.53 Å². The zero-order valence-electron chi connectivity index (χ0n) is 10.00. The van der Waals surface area contributed by atoms with E-state index in [0.29, 0.717) is 31.4 Å². The Balaban J connectivity index is 2.55. The van der Waals surface area contributed by atoms with Crippen LogP contribution in [0.3, 0.4) is 0 Å². The van der Waals surface area contributed by atoms with E-state index in [1.807, 2.05) is 30.3 Å². The highest BCUT2D eigenvalue weighted by molar-refractivity contribution is 9.09. The van der Waals surface area contributed by atoms with Crippen molar-refractivity contribution in [1.82, 2.24) is 4.90 Å². The van der Waals surface area contributed by atoms with Crippen LogP contribution in [0, 0.1) is 0 Å². The lowest BCUT2D eigenvalue weighted by atomic mass is 10.2. The highest BCUT2D eigenvalue weighted by atomic mass is 79.9. The predicted molar refractivity (Wildman–Crippen MR) is 74.3 cm³/mol. The number of rotatable bonds is 7. The standard InChI is InChI=1S/C12H15BrN4O/c13-9-12(18)17(8-4-7-15-16-14)10-11-5-2-1-3-6-11/h1-3,5-6H,4,7-10H2. The molecule has 96 valence electrons. The molecule has 0 N–H and O–H groups in total. The summed E-state index contributed by atoms with van der Waals surface area (Å²) in [6.45, 7) is 1.59. The summed E-state index contributed by atoms with van der Waals surface area (Å²) in [6.07, 6.45) is 0.676. The van der Waals surface area contributed by atoms with Crippen molar-refractivity contribution in [3.63, 3.8) is 0 Å². The molecule has 1 aromatic rings. The summed E-state index contributed by atoms with van der Waals surface area (Å²) in [5, 5.41) is 3.77. The molecule has 18 heavy (non-hydrogen) atoms. The number of hydrogen-bond acceptors (Lipinski definition) is 2. The summed E-state index contributed by atoms with van der Waals surface area (Å²) >= 11 is 3.18. The van der Waals surface area contributed by atoms with E-state index in [-0.39, 0.29) is 5.91 Å². The van der Waals surface area contributed by atoms with Crippen molar-refractivity contribution < 1.29 is 4.79 Å². The molecule has 0 radical (unpaired) electrons. The number of amides is 1. The van der Waals surface area contributed by atoms with Crippen LogP contribution in [-0.4, -0.2) is 29.2 Å². The van der Waals surface area contributed by atoms with E-state index in [0.717, 1.165) is 5.56 Å². The topological polar surface area (TPSA) is 69.1 Å². The molecule has 0 saturated heterocycles. The number of alkyl halides is 1. The van der Waals surface area contributed by atoms with Crippen LogP contribution in [0.15, 0.2) is 35.4 Å². The molecule has 0 unspecified atom stereocenters. The predicted octanol–water partition coefficient (Wildman–Crippen LogP) is 3.11. The van der Waals surface area contributed by atoms with Crippen LogP contribution >= 0.6 is 15.9 Å². The Morgan fingerprint density at radius 3 is 2.72 bits per heavy atom. The molecule has 0 aliphatic carbocycles. The van der Waals surface area contributed by atoms with Gasteiger partial charge in [-0.25, -0.2) is 0 Å². The minimum Gasteiger partial charge on any atom is -0.338 e. The number of carbonyl (C=O) groups excluding carboxylic acids is 1. The van der Waals surface area contributed by atoms with Gasteiger partial charge in [0.25, 0.3) is 0 Å². The van der Waals surface area contributed by atoms with E-state index in [2.05, 4.69) is 26.0 Å². The molecule has 1 amide bonds. The van der Waals surface area contributed by atoms with Crippen LogP contribution in [0.2, 0.25) is 0 Å². The van der Waals surface area contributed by atoms with Gasteiger partial charge in [0.1, 0.15) is 0 Å². The number of azide groups is 1. The molecule has 0 bridgehead atoms. The van der Waals surface area contributed by atoms with Crippen molar-refractivity contribution in [2.45, 2.75) is 13.0 Å². The lowest BCUT2D eigenvalue weighted by molar-refractivity contribution is -0.128. The molecule has 1 rings (SSSR count).